The van der Waals surface area contributed by atoms with Crippen molar-refractivity contribution in [3.8, 4) is 0 Å². The smallest absolute Gasteiger partial charge is 0.236 e. The normalized spacial score (nSPS) is 24.4. The number of hydrogen-bond donors (Lipinski definition) is 1. The summed E-state index contributed by atoms with van der Waals surface area (Å²) < 4.78 is -0.473. The molecule has 100 valence electrons. The van der Waals surface area contributed by atoms with E-state index >= 15 is 0 Å². The molecule has 0 aliphatic heterocycles. The van der Waals surface area contributed by atoms with Gasteiger partial charge in [0.1, 0.15) is 0 Å². The molecule has 1 rings (SSSR count). The number of nitrogens with one attached hydrogen (secondary N) is 1. The Hall–Kier alpha value is -0.0500. The molecule has 0 aromatic carbocycles. The molecule has 0 bridgehead atoms. The molecule has 2 nitrogen and oxygen atoms in total. The van der Waals surface area contributed by atoms with Gasteiger partial charge in [-0.2, -0.15) is 0 Å². The fourth-order valence-electron chi connectivity index (χ4n) is 3.31. The Labute approximate surface area is 114 Å². The maximum atomic E-state index is 12.0. The van der Waals surface area contributed by atoms with E-state index in [0.717, 1.165) is 12.8 Å². The van der Waals surface area contributed by atoms with Crippen molar-refractivity contribution in [2.45, 2.75) is 71.2 Å². The third kappa shape index (κ3) is 4.61. The van der Waals surface area contributed by atoms with Crippen LogP contribution < -0.4 is 5.32 Å². The van der Waals surface area contributed by atoms with Crippen LogP contribution in [0.3, 0.4) is 0 Å². The Morgan fingerprint density at radius 2 is 1.59 bits per heavy atom. The zero-order valence-corrected chi connectivity index (χ0v) is 13.6. The Morgan fingerprint density at radius 1 is 1.18 bits per heavy atom. The predicted octanol–water partition coefficient (Wildman–Crippen LogP) is 3.88. The number of amides is 1. The largest absolute Gasteiger partial charge is 0.352 e. The highest BCUT2D eigenvalue weighted by Crippen LogP contribution is 2.45. The highest BCUT2D eigenvalue weighted by atomic mass is 79.9. The molecule has 0 spiro atoms. The molecule has 0 aromatic heterocycles. The van der Waals surface area contributed by atoms with Crippen molar-refractivity contribution in [3.63, 3.8) is 0 Å². The monoisotopic (exact) mass is 303 g/mol. The van der Waals surface area contributed by atoms with Crippen molar-refractivity contribution in [1.82, 2.24) is 5.32 Å². The zero-order chi connectivity index (χ0) is 13.5. The van der Waals surface area contributed by atoms with Gasteiger partial charge < -0.3 is 5.32 Å². The Kier molecular flexibility index (Phi) is 4.03. The lowest BCUT2D eigenvalue weighted by Gasteiger charge is -2.45. The van der Waals surface area contributed by atoms with E-state index < -0.39 is 4.32 Å². The van der Waals surface area contributed by atoms with E-state index in [1.54, 1.807) is 0 Å². The number of hydrogen-bond acceptors (Lipinski definition) is 1. The van der Waals surface area contributed by atoms with Crippen molar-refractivity contribution >= 4 is 21.8 Å². The fraction of sp³-hybridized carbons (Fsp3) is 0.929. The molecule has 1 saturated carbocycles. The number of carbonyl (C=O) groups excluding carboxylic acids is 1. The average Bonchev–Trinajstić information content (AvgIpc) is 1.94. The lowest BCUT2D eigenvalue weighted by molar-refractivity contribution is -0.124. The van der Waals surface area contributed by atoms with Crippen LogP contribution in [0.5, 0.6) is 0 Å². The molecule has 1 N–H and O–H groups in total. The summed E-state index contributed by atoms with van der Waals surface area (Å²) in [5.74, 6) is 0.0935. The van der Waals surface area contributed by atoms with Gasteiger partial charge in [0.05, 0.1) is 4.32 Å². The second-order valence-corrected chi connectivity index (χ2v) is 9.54. The van der Waals surface area contributed by atoms with E-state index in [-0.39, 0.29) is 5.91 Å². The van der Waals surface area contributed by atoms with E-state index in [2.05, 4.69) is 48.9 Å². The van der Waals surface area contributed by atoms with E-state index in [4.69, 9.17) is 0 Å². The molecular weight excluding hydrogens is 278 g/mol. The third-order valence-corrected chi connectivity index (χ3v) is 3.79. The van der Waals surface area contributed by atoms with Crippen LogP contribution in [0.15, 0.2) is 0 Å². The molecule has 1 fully saturated rings. The lowest BCUT2D eigenvalue weighted by Crippen LogP contribution is -2.49. The van der Waals surface area contributed by atoms with Crippen LogP contribution in [0.2, 0.25) is 0 Å². The lowest BCUT2D eigenvalue weighted by atomic mass is 9.63. The van der Waals surface area contributed by atoms with Gasteiger partial charge in [0, 0.05) is 6.04 Å². The zero-order valence-electron chi connectivity index (χ0n) is 12.0. The van der Waals surface area contributed by atoms with E-state index in [1.165, 1.54) is 6.42 Å². The number of halogens is 1. The van der Waals surface area contributed by atoms with Gasteiger partial charge in [-0.15, -0.1) is 0 Å². The second-order valence-electron chi connectivity index (χ2n) is 7.56. The minimum absolute atomic E-state index is 0.0935. The summed E-state index contributed by atoms with van der Waals surface area (Å²) in [5, 5.41) is 3.18. The van der Waals surface area contributed by atoms with Crippen LogP contribution in [0.4, 0.5) is 0 Å². The Balaban J connectivity index is 2.70. The SMILES string of the molecule is CC1(C)CC(NC(=O)C(C)(C)Br)CC(C)(C)C1. The first-order chi connectivity index (χ1) is 7.41. The maximum Gasteiger partial charge on any atom is 0.236 e. The van der Waals surface area contributed by atoms with Crippen LogP contribution in [0, 0.1) is 10.8 Å². The summed E-state index contributed by atoms with van der Waals surface area (Å²) in [6, 6.07) is 0.304. The molecule has 0 aromatic rings. The molecule has 3 heteroatoms. The average molecular weight is 304 g/mol. The second kappa shape index (κ2) is 4.56. The first-order valence-corrected chi connectivity index (χ1v) is 7.21. The minimum Gasteiger partial charge on any atom is -0.352 e. The molecule has 0 atom stereocenters. The van der Waals surface area contributed by atoms with Crippen LogP contribution in [-0.4, -0.2) is 16.3 Å². The number of rotatable bonds is 2. The minimum atomic E-state index is -0.473. The topological polar surface area (TPSA) is 29.1 Å². The maximum absolute atomic E-state index is 12.0. The van der Waals surface area contributed by atoms with Gasteiger partial charge >= 0.3 is 0 Å². The summed E-state index contributed by atoms with van der Waals surface area (Å²) >= 11 is 3.42. The van der Waals surface area contributed by atoms with Gasteiger partial charge in [0.15, 0.2) is 0 Å². The van der Waals surface area contributed by atoms with Gasteiger partial charge in [-0.05, 0) is 43.9 Å². The standard InChI is InChI=1S/C14H26BrNO/c1-12(2)7-10(8-13(3,4)9-12)16-11(17)14(5,6)15/h10H,7-9H2,1-6H3,(H,16,17). The highest BCUT2D eigenvalue weighted by Gasteiger charge is 2.39. The van der Waals surface area contributed by atoms with Gasteiger partial charge in [-0.25, -0.2) is 0 Å². The van der Waals surface area contributed by atoms with E-state index in [9.17, 15) is 4.79 Å². The number of carbonyl (C=O) groups is 1. The van der Waals surface area contributed by atoms with E-state index in [0.29, 0.717) is 16.9 Å². The molecule has 17 heavy (non-hydrogen) atoms. The first-order valence-electron chi connectivity index (χ1n) is 6.41. The van der Waals surface area contributed by atoms with Gasteiger partial charge in [-0.1, -0.05) is 43.6 Å². The van der Waals surface area contributed by atoms with Gasteiger partial charge in [-0.3, -0.25) is 4.79 Å². The first kappa shape index (κ1) is 15.0. The fourth-order valence-corrected chi connectivity index (χ4v) is 3.42. The molecule has 0 radical (unpaired) electrons. The van der Waals surface area contributed by atoms with Gasteiger partial charge in [0.2, 0.25) is 5.91 Å². The molecule has 0 heterocycles. The highest BCUT2D eigenvalue weighted by molar-refractivity contribution is 9.10. The van der Waals surface area contributed by atoms with Crippen molar-refractivity contribution in [1.29, 1.82) is 0 Å². The number of alkyl halides is 1. The van der Waals surface area contributed by atoms with Gasteiger partial charge in [0.25, 0.3) is 0 Å². The summed E-state index contributed by atoms with van der Waals surface area (Å²) in [4.78, 5) is 12.0. The Morgan fingerprint density at radius 3 is 1.94 bits per heavy atom. The van der Waals surface area contributed by atoms with Crippen molar-refractivity contribution < 1.29 is 4.79 Å². The molecular formula is C14H26BrNO. The quantitative estimate of drug-likeness (QED) is 0.771. The van der Waals surface area contributed by atoms with Crippen molar-refractivity contribution in [2.75, 3.05) is 0 Å². The third-order valence-electron chi connectivity index (χ3n) is 3.43. The van der Waals surface area contributed by atoms with Crippen LogP contribution in [0.1, 0.15) is 60.8 Å². The molecule has 1 aliphatic rings. The summed E-state index contributed by atoms with van der Waals surface area (Å²) in [6.45, 7) is 13.0. The van der Waals surface area contributed by atoms with Crippen molar-refractivity contribution in [2.24, 2.45) is 10.8 Å². The van der Waals surface area contributed by atoms with Crippen LogP contribution in [-0.2, 0) is 4.79 Å². The summed E-state index contributed by atoms with van der Waals surface area (Å²) in [5.41, 5.74) is 0.631. The molecule has 1 aliphatic carbocycles. The van der Waals surface area contributed by atoms with Crippen LogP contribution in [0.25, 0.3) is 0 Å². The van der Waals surface area contributed by atoms with E-state index in [1.807, 2.05) is 13.8 Å². The van der Waals surface area contributed by atoms with Crippen molar-refractivity contribution in [3.05, 3.63) is 0 Å². The summed E-state index contributed by atoms with van der Waals surface area (Å²) in [6.07, 6.45) is 3.38. The Bertz CT molecular complexity index is 286. The summed E-state index contributed by atoms with van der Waals surface area (Å²) in [7, 11) is 0. The molecule has 1 amide bonds. The molecule has 0 saturated heterocycles. The van der Waals surface area contributed by atoms with Crippen LogP contribution >= 0.6 is 15.9 Å². The predicted molar refractivity (Wildman–Crippen MR) is 76.3 cm³/mol. The molecule has 0 unspecified atom stereocenters.